The first-order valence-corrected chi connectivity index (χ1v) is 0. The maximum atomic E-state index is 0. The Morgan fingerprint density at radius 2 is 1.00 bits per heavy atom. The summed E-state index contributed by atoms with van der Waals surface area (Å²) in [5.74, 6) is 0. The Labute approximate surface area is 69.0 Å². The van der Waals surface area contributed by atoms with Crippen molar-refractivity contribution in [2.75, 3.05) is 0 Å². The van der Waals surface area contributed by atoms with Crippen LogP contribution in [-0.4, -0.2) is 8.41 Å². The van der Waals surface area contributed by atoms with E-state index in [4.69, 9.17) is 0 Å². The van der Waals surface area contributed by atoms with Gasteiger partial charge in [-0.05, 0) is 0 Å². The van der Waals surface area contributed by atoms with Gasteiger partial charge in [0.1, 0.15) is 0 Å². The fourth-order valence-electron chi connectivity index (χ4n) is 0. The molecule has 0 fully saturated rings. The smallest absolute Gasteiger partial charge is 0.0814 e. The molecule has 0 N–H and O–H groups in total. The summed E-state index contributed by atoms with van der Waals surface area (Å²) in [6, 6.07) is 0. The minimum atomic E-state index is 0. The van der Waals surface area contributed by atoms with E-state index in [1.165, 1.54) is 0 Å². The van der Waals surface area contributed by atoms with Gasteiger partial charge in [-0.2, -0.15) is 9.90 Å². The fourth-order valence-corrected chi connectivity index (χ4v) is 0. The molecule has 0 aromatic rings. The topological polar surface area (TPSA) is 0 Å². The van der Waals surface area contributed by atoms with Gasteiger partial charge in [0.2, 0.25) is 0 Å². The molecule has 1 atom stereocenters. The molecule has 5 heavy (non-hydrogen) atoms. The SMILES string of the molecule is B.P.[Cr].[Fe].[Ni]. The van der Waals surface area contributed by atoms with Crippen molar-refractivity contribution in [1.82, 2.24) is 0 Å². The van der Waals surface area contributed by atoms with E-state index in [0.717, 1.165) is 0 Å². The summed E-state index contributed by atoms with van der Waals surface area (Å²) >= 11 is 0. The first-order chi connectivity index (χ1) is 0. The van der Waals surface area contributed by atoms with Crippen LogP contribution in [0.5, 0.6) is 0 Å². The Bertz CT molecular complexity index is 11.6. The zero-order valence-corrected chi connectivity index (χ0v) is 6.57. The summed E-state index contributed by atoms with van der Waals surface area (Å²) in [6.45, 7) is 0. The predicted octanol–water partition coefficient (Wildman–Crippen LogP) is -1.13. The zero-order chi connectivity index (χ0) is 0. The van der Waals surface area contributed by atoms with Crippen LogP contribution in [0.3, 0.4) is 0 Å². The molecule has 0 rings (SSSR count). The Kier molecular flexibility index (Phi) is 455. The van der Waals surface area contributed by atoms with Crippen molar-refractivity contribution < 1.29 is 50.9 Å². The van der Waals surface area contributed by atoms with E-state index < -0.39 is 0 Å². The molecule has 0 saturated carbocycles. The molecule has 0 nitrogen and oxygen atoms in total. The van der Waals surface area contributed by atoms with Crippen molar-refractivity contribution in [3.05, 3.63) is 0 Å². The van der Waals surface area contributed by atoms with Gasteiger partial charge in [0.25, 0.3) is 0 Å². The number of hydrogen-bond donors (Lipinski definition) is 0. The van der Waals surface area contributed by atoms with E-state index in [9.17, 15) is 0 Å². The van der Waals surface area contributed by atoms with Gasteiger partial charge in [-0.15, -0.1) is 0 Å². The van der Waals surface area contributed by atoms with E-state index >= 15 is 0 Å². The molecule has 0 aliphatic carbocycles. The van der Waals surface area contributed by atoms with Crippen LogP contribution in [0.15, 0.2) is 0 Å². The quantitative estimate of drug-likeness (QED) is 0.353. The summed E-state index contributed by atoms with van der Waals surface area (Å²) < 4.78 is 0. The van der Waals surface area contributed by atoms with Crippen molar-refractivity contribution >= 4 is 18.3 Å². The van der Waals surface area contributed by atoms with Gasteiger partial charge in [-0.1, -0.05) is 0 Å². The summed E-state index contributed by atoms with van der Waals surface area (Å²) in [6.07, 6.45) is 0. The van der Waals surface area contributed by atoms with Crippen LogP contribution in [0, 0.1) is 0 Å². The second-order valence-corrected chi connectivity index (χ2v) is 0. The van der Waals surface area contributed by atoms with E-state index in [2.05, 4.69) is 0 Å². The zero-order valence-electron chi connectivity index (χ0n) is 1.79. The fraction of sp³-hybridized carbons (Fsp3) is 0. The molecule has 0 amide bonds. The molecule has 0 radical (unpaired) electrons. The summed E-state index contributed by atoms with van der Waals surface area (Å²) in [4.78, 5) is 0. The molecule has 5 heteroatoms. The molecular formula is H6BCrFeNiP. The molecule has 0 aromatic heterocycles. The van der Waals surface area contributed by atoms with Crippen LogP contribution < -0.4 is 0 Å². The summed E-state index contributed by atoms with van der Waals surface area (Å²) in [7, 11) is 0. The van der Waals surface area contributed by atoms with E-state index in [-0.39, 0.29) is 69.2 Å². The van der Waals surface area contributed by atoms with Crippen LogP contribution in [0.2, 0.25) is 0 Å². The molecule has 0 aliphatic rings. The molecule has 0 saturated heterocycles. The minimum Gasteiger partial charge on any atom is -0.153 e. The normalized spacial score (nSPS) is 0. The average Bonchev–Trinajstić information content (AvgIpc) is 0. The predicted molar refractivity (Wildman–Crippen MR) is 21.0 cm³/mol. The third-order valence-corrected chi connectivity index (χ3v) is 0. The molecule has 0 heterocycles. The third kappa shape index (κ3) is 23.7. The summed E-state index contributed by atoms with van der Waals surface area (Å²) in [5, 5.41) is 0. The van der Waals surface area contributed by atoms with Crippen molar-refractivity contribution in [1.29, 1.82) is 0 Å². The Morgan fingerprint density at radius 1 is 1.00 bits per heavy atom. The molecule has 0 bridgehead atoms. The maximum absolute atomic E-state index is 0. The second-order valence-electron chi connectivity index (χ2n) is 0. The molecule has 0 aliphatic heterocycles. The Balaban J connectivity index is 0. The van der Waals surface area contributed by atoms with Gasteiger partial charge in [-0.25, -0.2) is 0 Å². The van der Waals surface area contributed by atoms with Crippen LogP contribution in [0.4, 0.5) is 0 Å². The maximum Gasteiger partial charge on any atom is 0.0814 e. The number of rotatable bonds is 0. The average molecular weight is 214 g/mol. The molecule has 38 valence electrons. The van der Waals surface area contributed by atoms with Crippen LogP contribution in [-0.2, 0) is 50.9 Å². The van der Waals surface area contributed by atoms with Gasteiger partial charge >= 0.3 is 0 Å². The van der Waals surface area contributed by atoms with E-state index in [1.807, 2.05) is 0 Å². The molecule has 0 aromatic carbocycles. The molecule has 1 unspecified atom stereocenters. The van der Waals surface area contributed by atoms with Crippen molar-refractivity contribution in [3.63, 3.8) is 0 Å². The van der Waals surface area contributed by atoms with Gasteiger partial charge in [0.15, 0.2) is 0 Å². The van der Waals surface area contributed by atoms with Crippen LogP contribution in [0.1, 0.15) is 0 Å². The van der Waals surface area contributed by atoms with Gasteiger partial charge in [-0.3, -0.25) is 0 Å². The Morgan fingerprint density at radius 3 is 1.00 bits per heavy atom. The summed E-state index contributed by atoms with van der Waals surface area (Å²) in [5.41, 5.74) is 0. The van der Waals surface area contributed by atoms with Gasteiger partial charge < -0.3 is 0 Å². The minimum absolute atomic E-state index is 0. The monoisotopic (exact) mass is 214 g/mol. The van der Waals surface area contributed by atoms with Crippen LogP contribution >= 0.6 is 9.90 Å². The van der Waals surface area contributed by atoms with E-state index in [1.54, 1.807) is 0 Å². The third-order valence-electron chi connectivity index (χ3n) is 0. The standard InChI is InChI=1S/BH3.Cr.Fe.Ni.H3P/h1H3;;;;1H3. The first-order valence-electron chi connectivity index (χ1n) is 0. The van der Waals surface area contributed by atoms with Crippen molar-refractivity contribution in [3.8, 4) is 0 Å². The molecule has 0 spiro atoms. The number of hydrogen-bond acceptors (Lipinski definition) is 0. The van der Waals surface area contributed by atoms with Crippen molar-refractivity contribution in [2.45, 2.75) is 0 Å². The Hall–Kier alpha value is 2.04. The van der Waals surface area contributed by atoms with Gasteiger partial charge in [0, 0.05) is 50.9 Å². The van der Waals surface area contributed by atoms with Crippen molar-refractivity contribution in [2.24, 2.45) is 0 Å². The van der Waals surface area contributed by atoms with Crippen LogP contribution in [0.25, 0.3) is 0 Å². The second kappa shape index (κ2) is 36.9. The van der Waals surface area contributed by atoms with Gasteiger partial charge in [0.05, 0.1) is 8.41 Å². The first kappa shape index (κ1) is 61.7. The molecular weight excluding hydrogens is 208 g/mol. The largest absolute Gasteiger partial charge is 0.153 e. The van der Waals surface area contributed by atoms with E-state index in [0.29, 0.717) is 0 Å².